The van der Waals surface area contributed by atoms with Crippen molar-refractivity contribution in [3.05, 3.63) is 58.7 Å². The van der Waals surface area contributed by atoms with Crippen LogP contribution in [-0.4, -0.2) is 32.4 Å². The summed E-state index contributed by atoms with van der Waals surface area (Å²) < 4.78 is 0. The summed E-state index contributed by atoms with van der Waals surface area (Å²) in [6.07, 6.45) is 0. The van der Waals surface area contributed by atoms with E-state index in [-0.39, 0.29) is 28.5 Å². The molecule has 0 unspecified atom stereocenters. The first-order chi connectivity index (χ1) is 10.3. The van der Waals surface area contributed by atoms with Crippen molar-refractivity contribution in [1.29, 1.82) is 0 Å². The van der Waals surface area contributed by atoms with E-state index in [0.717, 1.165) is 0 Å². The van der Waals surface area contributed by atoms with E-state index in [1.807, 2.05) is 0 Å². The minimum atomic E-state index is -1.25. The zero-order valence-corrected chi connectivity index (χ0v) is 11.6. The zero-order valence-electron chi connectivity index (χ0n) is 11.6. The van der Waals surface area contributed by atoms with Crippen LogP contribution in [0.2, 0.25) is 0 Å². The van der Waals surface area contributed by atoms with Crippen molar-refractivity contribution in [3.8, 4) is 11.5 Å². The van der Waals surface area contributed by atoms with Gasteiger partial charge in [-0.2, -0.15) is 0 Å². The van der Waals surface area contributed by atoms with E-state index in [1.54, 1.807) is 19.1 Å². The Balaban J connectivity index is 2.46. The maximum atomic E-state index is 11.1. The van der Waals surface area contributed by atoms with Crippen LogP contribution in [0.3, 0.4) is 0 Å². The van der Waals surface area contributed by atoms with Crippen LogP contribution in [0.5, 0.6) is 11.5 Å². The molecule has 114 valence electrons. The van der Waals surface area contributed by atoms with Crippen molar-refractivity contribution in [1.82, 2.24) is 0 Å². The summed E-state index contributed by atoms with van der Waals surface area (Å²) in [6, 6.07) is 8.40. The Morgan fingerprint density at radius 3 is 1.50 bits per heavy atom. The third kappa shape index (κ3) is 2.85. The molecular weight excluding hydrogens is 288 g/mol. The number of carboxylic acid groups (broad SMARTS) is 2. The fourth-order valence-corrected chi connectivity index (χ4v) is 2.18. The molecule has 2 rings (SSSR count). The maximum Gasteiger partial charge on any atom is 0.339 e. The van der Waals surface area contributed by atoms with Crippen molar-refractivity contribution in [2.45, 2.75) is 12.8 Å². The van der Waals surface area contributed by atoms with Gasteiger partial charge in [-0.05, 0) is 35.4 Å². The second kappa shape index (κ2) is 5.77. The van der Waals surface area contributed by atoms with Crippen LogP contribution in [-0.2, 0) is 0 Å². The Morgan fingerprint density at radius 1 is 0.818 bits per heavy atom. The van der Waals surface area contributed by atoms with Gasteiger partial charge in [0.25, 0.3) is 0 Å². The standard InChI is InChI=1S/C16H14O6/c1-8(9-2-4-13(17)11(6-9)15(19)20)10-3-5-14(18)12(7-10)16(21)22/h2-8,17-18H,1H3,(H,19,20)(H,21,22). The van der Waals surface area contributed by atoms with E-state index >= 15 is 0 Å². The first-order valence-corrected chi connectivity index (χ1v) is 6.43. The summed E-state index contributed by atoms with van der Waals surface area (Å²) >= 11 is 0. The highest BCUT2D eigenvalue weighted by atomic mass is 16.4. The lowest BCUT2D eigenvalue weighted by Crippen LogP contribution is -2.03. The van der Waals surface area contributed by atoms with Crippen LogP contribution >= 0.6 is 0 Å². The van der Waals surface area contributed by atoms with Gasteiger partial charge in [-0.3, -0.25) is 0 Å². The smallest absolute Gasteiger partial charge is 0.339 e. The highest BCUT2D eigenvalue weighted by Gasteiger charge is 2.17. The lowest BCUT2D eigenvalue weighted by atomic mass is 9.90. The third-order valence-corrected chi connectivity index (χ3v) is 3.50. The van der Waals surface area contributed by atoms with Crippen LogP contribution in [0.25, 0.3) is 0 Å². The summed E-state index contributed by atoms with van der Waals surface area (Å²) in [5.41, 5.74) is 0.776. The summed E-state index contributed by atoms with van der Waals surface area (Å²) in [5.74, 6) is -3.47. The van der Waals surface area contributed by atoms with E-state index in [0.29, 0.717) is 11.1 Å². The molecular formula is C16H14O6. The molecule has 0 aromatic heterocycles. The minimum Gasteiger partial charge on any atom is -0.507 e. The van der Waals surface area contributed by atoms with E-state index in [2.05, 4.69) is 0 Å². The van der Waals surface area contributed by atoms with Gasteiger partial charge in [0.05, 0.1) is 0 Å². The Morgan fingerprint density at radius 2 is 1.18 bits per heavy atom. The predicted octanol–water partition coefficient (Wildman–Crippen LogP) is 2.65. The largest absolute Gasteiger partial charge is 0.507 e. The van der Waals surface area contributed by atoms with Crippen molar-refractivity contribution in [2.24, 2.45) is 0 Å². The van der Waals surface area contributed by atoms with Crippen molar-refractivity contribution < 1.29 is 30.0 Å². The number of aromatic carboxylic acids is 2. The number of hydrogen-bond acceptors (Lipinski definition) is 4. The van der Waals surface area contributed by atoms with Crippen LogP contribution < -0.4 is 0 Å². The number of hydrogen-bond donors (Lipinski definition) is 4. The second-order valence-corrected chi connectivity index (χ2v) is 4.89. The molecule has 0 spiro atoms. The number of carbonyl (C=O) groups is 2. The topological polar surface area (TPSA) is 115 Å². The van der Waals surface area contributed by atoms with Gasteiger partial charge in [0.15, 0.2) is 0 Å². The van der Waals surface area contributed by atoms with Gasteiger partial charge in [0.1, 0.15) is 22.6 Å². The Kier molecular flexibility index (Phi) is 4.03. The molecule has 0 aliphatic heterocycles. The molecule has 0 radical (unpaired) electrons. The van der Waals surface area contributed by atoms with Gasteiger partial charge in [0, 0.05) is 5.92 Å². The first kappa shape index (κ1) is 15.4. The first-order valence-electron chi connectivity index (χ1n) is 6.43. The molecule has 0 atom stereocenters. The molecule has 0 amide bonds. The number of benzene rings is 2. The van der Waals surface area contributed by atoms with E-state index in [1.165, 1.54) is 24.3 Å². The Hall–Kier alpha value is -3.02. The summed E-state index contributed by atoms with van der Waals surface area (Å²) in [5, 5.41) is 37.1. The fourth-order valence-electron chi connectivity index (χ4n) is 2.18. The fraction of sp³-hybridized carbons (Fsp3) is 0.125. The Labute approximate surface area is 125 Å². The molecule has 0 saturated carbocycles. The highest BCUT2D eigenvalue weighted by molar-refractivity contribution is 5.91. The third-order valence-electron chi connectivity index (χ3n) is 3.50. The van der Waals surface area contributed by atoms with E-state index in [9.17, 15) is 19.8 Å². The molecule has 0 aliphatic carbocycles. The minimum absolute atomic E-state index is 0.221. The van der Waals surface area contributed by atoms with E-state index < -0.39 is 11.9 Å². The molecule has 0 bridgehead atoms. The van der Waals surface area contributed by atoms with Crippen molar-refractivity contribution >= 4 is 11.9 Å². The molecule has 4 N–H and O–H groups in total. The molecule has 2 aromatic rings. The van der Waals surface area contributed by atoms with Gasteiger partial charge in [-0.25, -0.2) is 9.59 Å². The zero-order chi connectivity index (χ0) is 16.4. The molecule has 2 aromatic carbocycles. The number of rotatable bonds is 4. The van der Waals surface area contributed by atoms with Crippen LogP contribution in [0.4, 0.5) is 0 Å². The highest BCUT2D eigenvalue weighted by Crippen LogP contribution is 2.30. The lowest BCUT2D eigenvalue weighted by Gasteiger charge is -2.15. The predicted molar refractivity (Wildman–Crippen MR) is 77.6 cm³/mol. The number of aromatic hydroxyl groups is 2. The molecule has 6 nitrogen and oxygen atoms in total. The second-order valence-electron chi connectivity index (χ2n) is 4.89. The van der Waals surface area contributed by atoms with Gasteiger partial charge in [0.2, 0.25) is 0 Å². The van der Waals surface area contributed by atoms with Crippen molar-refractivity contribution in [2.75, 3.05) is 0 Å². The Bertz CT molecular complexity index is 687. The molecule has 22 heavy (non-hydrogen) atoms. The molecule has 0 heterocycles. The van der Waals surface area contributed by atoms with Crippen LogP contribution in [0.1, 0.15) is 44.7 Å². The van der Waals surface area contributed by atoms with Crippen LogP contribution in [0.15, 0.2) is 36.4 Å². The normalized spacial score (nSPS) is 10.6. The van der Waals surface area contributed by atoms with Gasteiger partial charge in [-0.15, -0.1) is 0 Å². The summed E-state index contributed by atoms with van der Waals surface area (Å²) in [4.78, 5) is 22.1. The quantitative estimate of drug-likeness (QED) is 0.690. The van der Waals surface area contributed by atoms with Gasteiger partial charge < -0.3 is 20.4 Å². The average molecular weight is 302 g/mol. The molecule has 6 heteroatoms. The molecule has 0 aliphatic rings. The van der Waals surface area contributed by atoms with Crippen LogP contribution in [0, 0.1) is 0 Å². The average Bonchev–Trinajstić information content (AvgIpc) is 2.47. The monoisotopic (exact) mass is 302 g/mol. The SMILES string of the molecule is CC(c1ccc(O)c(C(=O)O)c1)c1ccc(O)c(C(=O)O)c1. The van der Waals surface area contributed by atoms with Crippen molar-refractivity contribution in [3.63, 3.8) is 0 Å². The summed E-state index contributed by atoms with van der Waals surface area (Å²) in [6.45, 7) is 1.77. The summed E-state index contributed by atoms with van der Waals surface area (Å²) in [7, 11) is 0. The maximum absolute atomic E-state index is 11.1. The van der Waals surface area contributed by atoms with Gasteiger partial charge in [-0.1, -0.05) is 19.1 Å². The number of carboxylic acids is 2. The molecule has 0 saturated heterocycles. The van der Waals surface area contributed by atoms with E-state index in [4.69, 9.17) is 10.2 Å². The van der Waals surface area contributed by atoms with Gasteiger partial charge >= 0.3 is 11.9 Å². The molecule has 0 fully saturated rings. The lowest BCUT2D eigenvalue weighted by molar-refractivity contribution is 0.0682. The number of phenols is 2.